The van der Waals surface area contributed by atoms with Crippen LogP contribution < -0.4 is 14.5 Å². The van der Waals surface area contributed by atoms with E-state index in [0.29, 0.717) is 62.1 Å². The molecule has 1 aromatic heterocycles. The Kier molecular flexibility index (Phi) is 8.07. The van der Waals surface area contributed by atoms with Crippen LogP contribution in [0.3, 0.4) is 0 Å². The van der Waals surface area contributed by atoms with Gasteiger partial charge in [0, 0.05) is 61.3 Å². The predicted molar refractivity (Wildman–Crippen MR) is 188 cm³/mol. The van der Waals surface area contributed by atoms with Crippen LogP contribution in [0, 0.1) is 11.3 Å². The van der Waals surface area contributed by atoms with E-state index in [1.807, 2.05) is 43.9 Å². The molecule has 4 fully saturated rings. The lowest BCUT2D eigenvalue weighted by Gasteiger charge is -2.43. The molecule has 4 atom stereocenters. The van der Waals surface area contributed by atoms with Gasteiger partial charge in [0.05, 0.1) is 22.6 Å². The van der Waals surface area contributed by atoms with Crippen molar-refractivity contribution in [2.45, 2.75) is 95.2 Å². The van der Waals surface area contributed by atoms with Crippen molar-refractivity contribution in [3.05, 3.63) is 58.1 Å². The van der Waals surface area contributed by atoms with Crippen LogP contribution in [0.2, 0.25) is 5.02 Å². The summed E-state index contributed by atoms with van der Waals surface area (Å²) in [7, 11) is 0. The number of hydrogen-bond donors (Lipinski definition) is 0. The number of carbonyl (C=O) groups excluding carboxylic acids is 1. The number of fused-ring (bicyclic) bond motifs is 5. The fourth-order valence-electron chi connectivity index (χ4n) is 9.16. The van der Waals surface area contributed by atoms with Crippen molar-refractivity contribution in [3.63, 3.8) is 0 Å². The van der Waals surface area contributed by atoms with Crippen molar-refractivity contribution < 1.29 is 18.7 Å². The van der Waals surface area contributed by atoms with Crippen molar-refractivity contribution in [3.8, 4) is 11.9 Å². The molecule has 0 spiro atoms. The molecular weight excluding hydrogens is 643 g/mol. The second kappa shape index (κ2) is 12.2. The standard InChI is InChI=1S/C38H44ClFN6O3/c1-37(2,3)49-36(47)46-26-11-12-27(46)21-44(20-26)34-28-13-16-43(32-10-5-8-24-7-4-9-31(39)33(24)32)22-30(28)29(18-41)35(42-34)48-23-38-14-6-15-45(38)19-25(40)17-38/h4-5,7-10,25-27H,6,11-17,19-23H2,1-3H3/t25-,26-,27+,38+/m1/s1. The Hall–Kier alpha value is -3.81. The molecule has 49 heavy (non-hydrogen) atoms. The fraction of sp³-hybridized carbons (Fsp3) is 0.553. The van der Waals surface area contributed by atoms with Gasteiger partial charge in [-0.1, -0.05) is 35.9 Å². The average Bonchev–Trinajstić information content (AvgIpc) is 3.68. The number of benzene rings is 2. The summed E-state index contributed by atoms with van der Waals surface area (Å²) in [5, 5.41) is 13.5. The topological polar surface area (TPSA) is 85.2 Å². The maximum absolute atomic E-state index is 14.7. The smallest absolute Gasteiger partial charge is 0.410 e. The van der Waals surface area contributed by atoms with Crippen LogP contribution in [0.5, 0.6) is 5.88 Å². The van der Waals surface area contributed by atoms with Crippen LogP contribution >= 0.6 is 11.6 Å². The van der Waals surface area contributed by atoms with E-state index in [2.05, 4.69) is 39.0 Å². The average molecular weight is 687 g/mol. The minimum atomic E-state index is -0.871. The molecule has 3 aromatic rings. The van der Waals surface area contributed by atoms with Crippen molar-refractivity contribution in [2.24, 2.45) is 0 Å². The summed E-state index contributed by atoms with van der Waals surface area (Å²) in [5.74, 6) is 1.15. The molecule has 11 heteroatoms. The largest absolute Gasteiger partial charge is 0.475 e. The van der Waals surface area contributed by atoms with Gasteiger partial charge >= 0.3 is 6.09 Å². The van der Waals surface area contributed by atoms with Crippen LogP contribution in [-0.2, 0) is 17.7 Å². The van der Waals surface area contributed by atoms with Crippen molar-refractivity contribution in [2.75, 3.05) is 49.1 Å². The first-order chi connectivity index (χ1) is 23.5. The van der Waals surface area contributed by atoms with E-state index < -0.39 is 11.8 Å². The van der Waals surface area contributed by atoms with Gasteiger partial charge in [0.2, 0.25) is 5.88 Å². The Morgan fingerprint density at radius 1 is 1.08 bits per heavy atom. The minimum Gasteiger partial charge on any atom is -0.475 e. The van der Waals surface area contributed by atoms with Gasteiger partial charge in [0.25, 0.3) is 0 Å². The molecular formula is C38H44ClFN6O3. The molecule has 5 aliphatic heterocycles. The number of nitriles is 1. The third kappa shape index (κ3) is 5.73. The Morgan fingerprint density at radius 2 is 1.84 bits per heavy atom. The number of ether oxygens (including phenoxy) is 2. The molecule has 8 rings (SSSR count). The van der Waals surface area contributed by atoms with Gasteiger partial charge in [-0.15, -0.1) is 0 Å². The van der Waals surface area contributed by atoms with Crippen LogP contribution in [0.1, 0.15) is 69.6 Å². The Morgan fingerprint density at radius 3 is 2.57 bits per heavy atom. The second-order valence-electron chi connectivity index (χ2n) is 15.5. The molecule has 2 aromatic carbocycles. The van der Waals surface area contributed by atoms with Crippen LogP contribution in [0.25, 0.3) is 10.8 Å². The summed E-state index contributed by atoms with van der Waals surface area (Å²) < 4.78 is 27.1. The van der Waals surface area contributed by atoms with E-state index in [0.717, 1.165) is 72.2 Å². The highest BCUT2D eigenvalue weighted by Gasteiger charge is 2.50. The number of aromatic nitrogens is 1. The summed E-state index contributed by atoms with van der Waals surface area (Å²) in [4.78, 5) is 27.2. The van der Waals surface area contributed by atoms with Gasteiger partial charge in [0.15, 0.2) is 0 Å². The fourth-order valence-corrected chi connectivity index (χ4v) is 9.43. The number of piperazine rings is 1. The number of hydrogen-bond acceptors (Lipinski definition) is 8. The third-order valence-corrected chi connectivity index (χ3v) is 11.6. The summed E-state index contributed by atoms with van der Waals surface area (Å²) in [6.07, 6.45) is 3.70. The maximum Gasteiger partial charge on any atom is 0.410 e. The predicted octanol–water partition coefficient (Wildman–Crippen LogP) is 6.87. The molecule has 4 saturated heterocycles. The molecule has 0 aliphatic carbocycles. The quantitative estimate of drug-likeness (QED) is 0.288. The number of halogens is 2. The molecule has 0 N–H and O–H groups in total. The normalized spacial score (nSPS) is 26.5. The summed E-state index contributed by atoms with van der Waals surface area (Å²) in [6.45, 7) is 9.79. The van der Waals surface area contributed by atoms with Crippen molar-refractivity contribution in [1.82, 2.24) is 14.8 Å². The molecule has 2 bridgehead atoms. The number of rotatable bonds is 5. The Bertz CT molecular complexity index is 1820. The summed E-state index contributed by atoms with van der Waals surface area (Å²) in [5.41, 5.74) is 2.51. The van der Waals surface area contributed by atoms with E-state index in [1.165, 1.54) is 0 Å². The third-order valence-electron chi connectivity index (χ3n) is 11.2. The molecule has 1 amide bonds. The first-order valence-electron chi connectivity index (χ1n) is 17.7. The van der Waals surface area contributed by atoms with Crippen molar-refractivity contribution in [1.29, 1.82) is 5.26 Å². The first-order valence-corrected chi connectivity index (χ1v) is 18.1. The molecule has 258 valence electrons. The van der Waals surface area contributed by atoms with Gasteiger partial charge in [-0.05, 0) is 76.9 Å². The van der Waals surface area contributed by atoms with Gasteiger partial charge < -0.3 is 19.3 Å². The molecule has 0 radical (unpaired) electrons. The molecule has 0 saturated carbocycles. The zero-order valence-corrected chi connectivity index (χ0v) is 29.3. The number of amides is 1. The lowest BCUT2D eigenvalue weighted by molar-refractivity contribution is 0.0122. The minimum absolute atomic E-state index is 0.00916. The Labute approximate surface area is 292 Å². The van der Waals surface area contributed by atoms with E-state index in [9.17, 15) is 14.4 Å². The number of alkyl halides is 1. The zero-order chi connectivity index (χ0) is 34.1. The zero-order valence-electron chi connectivity index (χ0n) is 28.6. The summed E-state index contributed by atoms with van der Waals surface area (Å²) >= 11 is 6.77. The number of pyridine rings is 1. The van der Waals surface area contributed by atoms with Crippen LogP contribution in [0.15, 0.2) is 36.4 Å². The molecule has 5 aliphatic rings. The van der Waals surface area contributed by atoms with Gasteiger partial charge in [-0.2, -0.15) is 10.2 Å². The SMILES string of the molecule is CC(C)(C)OC(=O)N1[C@@H]2CC[C@H]1CN(c1nc(OC[C@@]34CCCN3C[C@H](F)C4)c(C#N)c3c1CCN(c1cccc4cccc(Cl)c14)C3)C2. The number of anilines is 2. The summed E-state index contributed by atoms with van der Waals surface area (Å²) in [6, 6.07) is 14.7. The molecule has 6 heterocycles. The van der Waals surface area contributed by atoms with Crippen LogP contribution in [-0.4, -0.2) is 89.6 Å². The highest BCUT2D eigenvalue weighted by Crippen LogP contribution is 2.44. The lowest BCUT2D eigenvalue weighted by atomic mass is 9.93. The van der Waals surface area contributed by atoms with Gasteiger partial charge in [-0.25, -0.2) is 9.18 Å². The highest BCUT2D eigenvalue weighted by atomic mass is 35.5. The highest BCUT2D eigenvalue weighted by molar-refractivity contribution is 6.36. The first kappa shape index (κ1) is 32.4. The lowest BCUT2D eigenvalue weighted by Crippen LogP contribution is -2.57. The molecule has 9 nitrogen and oxygen atoms in total. The second-order valence-corrected chi connectivity index (χ2v) is 15.9. The van der Waals surface area contributed by atoms with E-state index >= 15 is 0 Å². The van der Waals surface area contributed by atoms with E-state index in [4.69, 9.17) is 26.1 Å². The number of nitrogens with zero attached hydrogens (tertiary/aromatic N) is 6. The Balaban J connectivity index is 1.17. The molecule has 0 unspecified atom stereocenters. The van der Waals surface area contributed by atoms with Crippen LogP contribution in [0.4, 0.5) is 20.7 Å². The monoisotopic (exact) mass is 686 g/mol. The number of carbonyl (C=O) groups is 1. The van der Waals surface area contributed by atoms with Gasteiger partial charge in [0.1, 0.15) is 35.8 Å². The maximum atomic E-state index is 14.7. The van der Waals surface area contributed by atoms with E-state index in [1.54, 1.807) is 0 Å². The van der Waals surface area contributed by atoms with Crippen molar-refractivity contribution >= 4 is 40.0 Å². The van der Waals surface area contributed by atoms with E-state index in [-0.39, 0.29) is 23.7 Å². The van der Waals surface area contributed by atoms with Gasteiger partial charge in [-0.3, -0.25) is 9.80 Å².